The van der Waals surface area contributed by atoms with Crippen LogP contribution < -0.4 is 4.72 Å². The number of nitrogens with one attached hydrogen (secondary N) is 1. The topological polar surface area (TPSA) is 83.5 Å². The van der Waals surface area contributed by atoms with Crippen LogP contribution in [-0.2, 0) is 14.8 Å². The smallest absolute Gasteiger partial charge is 0.303 e. The molecular weight excluding hydrogens is 421 g/mol. The third-order valence-electron chi connectivity index (χ3n) is 5.97. The summed E-state index contributed by atoms with van der Waals surface area (Å²) < 4.78 is 28.2. The highest BCUT2D eigenvalue weighted by Crippen LogP contribution is 2.52. The van der Waals surface area contributed by atoms with E-state index in [9.17, 15) is 13.2 Å². The molecule has 0 aliphatic heterocycles. The highest BCUT2D eigenvalue weighted by atomic mass is 35.5. The van der Waals surface area contributed by atoms with Crippen molar-refractivity contribution in [3.05, 3.63) is 40.4 Å². The zero-order valence-electron chi connectivity index (χ0n) is 15.5. The van der Waals surface area contributed by atoms with Gasteiger partial charge in [-0.3, -0.25) is 4.79 Å². The second-order valence-electron chi connectivity index (χ2n) is 7.69. The van der Waals surface area contributed by atoms with Crippen molar-refractivity contribution in [1.29, 1.82) is 0 Å². The number of hydrogen-bond acceptors (Lipinski definition) is 3. The number of halogens is 2. The predicted molar refractivity (Wildman–Crippen MR) is 110 cm³/mol. The molecule has 1 aromatic carbocycles. The maximum Gasteiger partial charge on any atom is 0.303 e. The molecule has 1 aromatic rings. The number of carboxylic acid groups (broad SMARTS) is 1. The van der Waals surface area contributed by atoms with Crippen LogP contribution in [0.4, 0.5) is 0 Å². The van der Waals surface area contributed by atoms with E-state index in [-0.39, 0.29) is 27.3 Å². The predicted octanol–water partition coefficient (Wildman–Crippen LogP) is 4.75. The lowest BCUT2D eigenvalue weighted by atomic mass is 9.79. The highest BCUT2D eigenvalue weighted by molar-refractivity contribution is 7.89. The van der Waals surface area contributed by atoms with E-state index in [1.165, 1.54) is 18.6 Å². The molecule has 2 aliphatic rings. The minimum atomic E-state index is -3.79. The summed E-state index contributed by atoms with van der Waals surface area (Å²) in [6.45, 7) is 0.356. The lowest BCUT2D eigenvalue weighted by molar-refractivity contribution is -0.137. The number of unbranched alkanes of at least 4 members (excludes halogenated alkanes) is 1. The number of rotatable bonds is 9. The third kappa shape index (κ3) is 4.90. The van der Waals surface area contributed by atoms with Crippen LogP contribution in [0.2, 0.25) is 10.0 Å². The Morgan fingerprint density at radius 2 is 1.89 bits per heavy atom. The van der Waals surface area contributed by atoms with E-state index >= 15 is 0 Å². The van der Waals surface area contributed by atoms with Gasteiger partial charge in [0.1, 0.15) is 4.90 Å². The van der Waals surface area contributed by atoms with Gasteiger partial charge in [-0.1, -0.05) is 41.4 Å². The van der Waals surface area contributed by atoms with Gasteiger partial charge in [-0.05, 0) is 67.9 Å². The second-order valence-corrected chi connectivity index (χ2v) is 10.2. The van der Waals surface area contributed by atoms with Gasteiger partial charge in [0.25, 0.3) is 0 Å². The van der Waals surface area contributed by atoms with Crippen molar-refractivity contribution >= 4 is 39.2 Å². The van der Waals surface area contributed by atoms with Crippen molar-refractivity contribution in [2.24, 2.45) is 23.7 Å². The van der Waals surface area contributed by atoms with Crippen LogP contribution in [0.25, 0.3) is 0 Å². The van der Waals surface area contributed by atoms with Crippen LogP contribution in [0.5, 0.6) is 0 Å². The summed E-state index contributed by atoms with van der Waals surface area (Å²) in [7, 11) is -3.79. The fourth-order valence-corrected chi connectivity index (χ4v) is 6.91. The van der Waals surface area contributed by atoms with Crippen molar-refractivity contribution < 1.29 is 18.3 Å². The number of benzene rings is 1. The van der Waals surface area contributed by atoms with E-state index in [0.717, 1.165) is 19.3 Å². The van der Waals surface area contributed by atoms with Gasteiger partial charge in [-0.25, -0.2) is 13.1 Å². The third-order valence-corrected chi connectivity index (χ3v) is 8.35. The van der Waals surface area contributed by atoms with Crippen LogP contribution in [0.15, 0.2) is 35.2 Å². The van der Waals surface area contributed by atoms with Gasteiger partial charge >= 0.3 is 5.97 Å². The SMILES string of the molecule is O=C(O)CCC/C=C\[C@@H]1[C@H]2CC[C@H](C2)[C@@H]1CNS(=O)(=O)c1c(Cl)cccc1Cl. The minimum absolute atomic E-state index is 0.0674. The number of allylic oxidation sites excluding steroid dienone is 2. The molecule has 8 heteroatoms. The van der Waals surface area contributed by atoms with E-state index in [4.69, 9.17) is 28.3 Å². The van der Waals surface area contributed by atoms with Crippen LogP contribution >= 0.6 is 23.2 Å². The summed E-state index contributed by atoms with van der Waals surface area (Å²) >= 11 is 12.1. The summed E-state index contributed by atoms with van der Waals surface area (Å²) in [6, 6.07) is 4.65. The lowest BCUT2D eigenvalue weighted by Crippen LogP contribution is -2.35. The standard InChI is InChI=1S/C20H25Cl2NO4S/c21-17-6-4-7-18(22)20(17)28(26,27)23-12-16-14-10-9-13(11-14)15(16)5-2-1-3-8-19(24)25/h2,4-7,13-16,23H,1,3,8-12H2,(H,24,25)/b5-2-/t13-,14+,15+,16-/m0/s1. The summed E-state index contributed by atoms with van der Waals surface area (Å²) in [6.07, 6.45) is 9.19. The summed E-state index contributed by atoms with van der Waals surface area (Å²) in [4.78, 5) is 10.5. The van der Waals surface area contributed by atoms with Crippen LogP contribution in [-0.4, -0.2) is 26.0 Å². The van der Waals surface area contributed by atoms with Gasteiger partial charge in [0.2, 0.25) is 10.0 Å². The molecule has 28 heavy (non-hydrogen) atoms. The van der Waals surface area contributed by atoms with E-state index in [1.54, 1.807) is 6.07 Å². The summed E-state index contributed by atoms with van der Waals surface area (Å²) in [5.74, 6) is 0.888. The Morgan fingerprint density at radius 1 is 1.21 bits per heavy atom. The molecule has 0 heterocycles. The quantitative estimate of drug-likeness (QED) is 0.424. The number of carboxylic acids is 1. The Bertz CT molecular complexity index is 836. The summed E-state index contributed by atoms with van der Waals surface area (Å²) in [5.41, 5.74) is 0. The lowest BCUT2D eigenvalue weighted by Gasteiger charge is -2.29. The molecule has 3 rings (SSSR count). The van der Waals surface area contributed by atoms with Gasteiger partial charge < -0.3 is 5.11 Å². The highest BCUT2D eigenvalue weighted by Gasteiger charge is 2.46. The van der Waals surface area contributed by atoms with Crippen molar-refractivity contribution in [2.75, 3.05) is 6.54 Å². The Labute approximate surface area is 176 Å². The monoisotopic (exact) mass is 445 g/mol. The maximum atomic E-state index is 12.8. The fraction of sp³-hybridized carbons (Fsp3) is 0.550. The molecule has 5 nitrogen and oxygen atoms in total. The normalized spacial score (nSPS) is 26.9. The van der Waals surface area contributed by atoms with Crippen molar-refractivity contribution in [1.82, 2.24) is 4.72 Å². The van der Waals surface area contributed by atoms with Gasteiger partial charge in [0.15, 0.2) is 0 Å². The first-order valence-corrected chi connectivity index (χ1v) is 11.9. The molecule has 154 valence electrons. The molecule has 0 amide bonds. The zero-order valence-corrected chi connectivity index (χ0v) is 17.8. The summed E-state index contributed by atoms with van der Waals surface area (Å²) in [5, 5.41) is 8.95. The molecule has 2 aliphatic carbocycles. The van der Waals surface area contributed by atoms with Gasteiger partial charge in [-0.2, -0.15) is 0 Å². The van der Waals surface area contributed by atoms with Gasteiger partial charge in [-0.15, -0.1) is 0 Å². The molecule has 0 spiro atoms. The number of sulfonamides is 1. The molecule has 2 N–H and O–H groups in total. The zero-order chi connectivity index (χ0) is 20.3. The Morgan fingerprint density at radius 3 is 2.57 bits per heavy atom. The average Bonchev–Trinajstić information content (AvgIpc) is 3.20. The average molecular weight is 446 g/mol. The van der Waals surface area contributed by atoms with E-state index in [0.29, 0.717) is 30.7 Å². The van der Waals surface area contributed by atoms with E-state index in [2.05, 4.69) is 16.9 Å². The number of carbonyl (C=O) groups is 1. The minimum Gasteiger partial charge on any atom is -0.481 e. The Balaban J connectivity index is 1.65. The Hall–Kier alpha value is -1.08. The second kappa shape index (κ2) is 9.16. The molecule has 0 saturated heterocycles. The first-order valence-electron chi connectivity index (χ1n) is 9.61. The maximum absolute atomic E-state index is 12.8. The molecular formula is C20H25Cl2NO4S. The van der Waals surface area contributed by atoms with Gasteiger partial charge in [0.05, 0.1) is 10.0 Å². The van der Waals surface area contributed by atoms with E-state index < -0.39 is 16.0 Å². The molecule has 2 bridgehead atoms. The van der Waals surface area contributed by atoms with Crippen LogP contribution in [0.3, 0.4) is 0 Å². The number of aliphatic carboxylic acids is 1. The van der Waals surface area contributed by atoms with Crippen LogP contribution in [0, 0.1) is 23.7 Å². The molecule has 4 atom stereocenters. The Kier molecular flexibility index (Phi) is 7.07. The fourth-order valence-electron chi connectivity index (χ4n) is 4.70. The number of hydrogen-bond donors (Lipinski definition) is 2. The van der Waals surface area contributed by atoms with Gasteiger partial charge in [0, 0.05) is 13.0 Å². The first kappa shape index (κ1) is 21.6. The number of fused-ring (bicyclic) bond motifs is 2. The molecule has 0 aromatic heterocycles. The van der Waals surface area contributed by atoms with Crippen LogP contribution in [0.1, 0.15) is 38.5 Å². The molecule has 0 radical (unpaired) electrons. The van der Waals surface area contributed by atoms with Crippen molar-refractivity contribution in [2.45, 2.75) is 43.4 Å². The molecule has 2 saturated carbocycles. The largest absolute Gasteiger partial charge is 0.481 e. The molecule has 0 unspecified atom stereocenters. The van der Waals surface area contributed by atoms with E-state index in [1.807, 2.05) is 0 Å². The van der Waals surface area contributed by atoms with Crippen molar-refractivity contribution in [3.63, 3.8) is 0 Å². The van der Waals surface area contributed by atoms with Crippen molar-refractivity contribution in [3.8, 4) is 0 Å². The first-order chi connectivity index (χ1) is 13.3. The molecule has 2 fully saturated rings.